The fourth-order valence-electron chi connectivity index (χ4n) is 8.44. The summed E-state index contributed by atoms with van der Waals surface area (Å²) >= 11 is 0. The molecule has 0 aliphatic carbocycles. The molecule has 0 heterocycles. The Morgan fingerprint density at radius 1 is 0.308 bits per heavy atom. The van der Waals surface area contributed by atoms with Gasteiger partial charge in [-0.25, -0.2) is 19.2 Å². The Labute approximate surface area is 462 Å². The van der Waals surface area contributed by atoms with Gasteiger partial charge in [0.15, 0.2) is 0 Å². The Hall–Kier alpha value is -8.24. The third kappa shape index (κ3) is 17.4. The van der Waals surface area contributed by atoms with Crippen molar-refractivity contribution in [1.29, 1.82) is 0 Å². The van der Waals surface area contributed by atoms with Gasteiger partial charge in [0.1, 0.15) is 0 Å². The van der Waals surface area contributed by atoms with Gasteiger partial charge >= 0.3 is 23.9 Å². The van der Waals surface area contributed by atoms with Crippen LogP contribution in [0.15, 0.2) is 192 Å². The lowest BCUT2D eigenvalue weighted by molar-refractivity contribution is -0.139. The molecule has 6 aromatic carbocycles. The van der Waals surface area contributed by atoms with Crippen LogP contribution < -0.4 is 9.80 Å². The molecule has 406 valence electrons. The smallest absolute Gasteiger partial charge is 0.333 e. The minimum Gasteiger partial charge on any atom is -0.462 e. The highest BCUT2D eigenvalue weighted by Crippen LogP contribution is 2.39. The molecular formula is C68H76N2O8. The van der Waals surface area contributed by atoms with E-state index in [1.807, 2.05) is 27.7 Å². The summed E-state index contributed by atoms with van der Waals surface area (Å²) in [4.78, 5) is 53.1. The predicted octanol–water partition coefficient (Wildman–Crippen LogP) is 16.1. The standard InChI is InChI=1S/C68H76N2O8/c1-9-49(5)65(71)75-45-13-17-53-21-33-59(34-22-53)69(60-35-23-54(24-36-60)18-14-46-76-66(72)50(6)10-2)63-41-29-57(30-42-63)58-31-43-64(44-32-58)70(61-37-25-55(26-38-61)19-15-47-77-67(73)51(7)11-3)62-39-27-56(28-40-62)20-16-48-78-68(74)52(8)12-4/h9-12,21-44H,13-20,45-48H2,1-8H3/b49-9+,50-10+,51-11+,52-12+. The predicted molar refractivity (Wildman–Crippen MR) is 316 cm³/mol. The SMILES string of the molecule is C/C=C(\C)C(=O)OCCCc1ccc(N(c2ccc(CCCOC(=O)/C(C)=C/C)cc2)c2ccc(-c3ccc(N(c4ccc(CCCOC(=O)/C(C)=C/C)cc4)c4ccc(CCCOC(=O)/C(C)=C/C)cc4)cc3)cc2)cc1. The Morgan fingerprint density at radius 3 is 0.667 bits per heavy atom. The Morgan fingerprint density at radius 2 is 0.487 bits per heavy atom. The van der Waals surface area contributed by atoms with Gasteiger partial charge in [0.05, 0.1) is 26.4 Å². The third-order valence-electron chi connectivity index (χ3n) is 13.8. The average molecular weight is 1050 g/mol. The summed E-state index contributed by atoms with van der Waals surface area (Å²) in [5.41, 5.74) is 15.2. The van der Waals surface area contributed by atoms with Crippen LogP contribution in [0.5, 0.6) is 0 Å². The number of carbonyl (C=O) groups is 4. The van der Waals surface area contributed by atoms with Crippen LogP contribution in [-0.2, 0) is 63.8 Å². The molecule has 0 radical (unpaired) electrons. The number of rotatable bonds is 27. The lowest BCUT2D eigenvalue weighted by atomic mass is 10.0. The molecule has 0 atom stereocenters. The molecule has 0 aromatic heterocycles. The normalized spacial score (nSPS) is 11.9. The second kappa shape index (κ2) is 30.5. The maximum absolute atomic E-state index is 12.2. The van der Waals surface area contributed by atoms with Crippen molar-refractivity contribution in [2.75, 3.05) is 36.2 Å². The van der Waals surface area contributed by atoms with Gasteiger partial charge in [0.25, 0.3) is 0 Å². The van der Waals surface area contributed by atoms with Crippen molar-refractivity contribution in [2.45, 2.75) is 107 Å². The topological polar surface area (TPSA) is 112 Å². The summed E-state index contributed by atoms with van der Waals surface area (Å²) in [6.07, 6.45) is 13.1. The molecule has 6 rings (SSSR count). The first kappa shape index (κ1) is 59.0. The zero-order valence-corrected chi connectivity index (χ0v) is 46.8. The summed E-state index contributed by atoms with van der Waals surface area (Å²) in [6, 6.07) is 51.5. The van der Waals surface area contributed by atoms with Crippen molar-refractivity contribution in [2.24, 2.45) is 0 Å². The van der Waals surface area contributed by atoms with Crippen LogP contribution in [0, 0.1) is 0 Å². The Kier molecular flexibility index (Phi) is 23.1. The number of anilines is 6. The average Bonchev–Trinajstić information content (AvgIpc) is 3.50. The van der Waals surface area contributed by atoms with Crippen LogP contribution in [0.25, 0.3) is 11.1 Å². The zero-order chi connectivity index (χ0) is 55.8. The summed E-state index contributed by atoms with van der Waals surface area (Å²) in [6.45, 7) is 15.8. The lowest BCUT2D eigenvalue weighted by Crippen LogP contribution is -2.11. The summed E-state index contributed by atoms with van der Waals surface area (Å²) in [5, 5.41) is 0. The van der Waals surface area contributed by atoms with Crippen LogP contribution in [0.4, 0.5) is 34.1 Å². The van der Waals surface area contributed by atoms with E-state index in [1.54, 1.807) is 52.0 Å². The number of ether oxygens (including phenoxy) is 4. The van der Waals surface area contributed by atoms with E-state index in [-0.39, 0.29) is 23.9 Å². The second-order valence-electron chi connectivity index (χ2n) is 19.3. The summed E-state index contributed by atoms with van der Waals surface area (Å²) < 4.78 is 21.8. The molecule has 78 heavy (non-hydrogen) atoms. The van der Waals surface area contributed by atoms with Crippen molar-refractivity contribution in [1.82, 2.24) is 0 Å². The van der Waals surface area contributed by atoms with Gasteiger partial charge in [-0.15, -0.1) is 0 Å². The van der Waals surface area contributed by atoms with Gasteiger partial charge in [-0.1, -0.05) is 97.1 Å². The number of nitrogens with zero attached hydrogens (tertiary/aromatic N) is 2. The van der Waals surface area contributed by atoms with E-state index >= 15 is 0 Å². The van der Waals surface area contributed by atoms with E-state index in [1.165, 1.54) is 0 Å². The quantitative estimate of drug-likeness (QED) is 0.0214. The first-order valence-corrected chi connectivity index (χ1v) is 27.2. The molecule has 0 saturated heterocycles. The highest BCUT2D eigenvalue weighted by molar-refractivity contribution is 5.89. The second-order valence-corrected chi connectivity index (χ2v) is 19.3. The van der Waals surface area contributed by atoms with Gasteiger partial charge in [0.2, 0.25) is 0 Å². The molecule has 0 amide bonds. The molecule has 0 aliphatic rings. The number of hydrogen-bond donors (Lipinski definition) is 0. The molecule has 0 unspecified atom stereocenters. The third-order valence-corrected chi connectivity index (χ3v) is 13.8. The molecular weight excluding hydrogens is 973 g/mol. The molecule has 10 nitrogen and oxygen atoms in total. The summed E-state index contributed by atoms with van der Waals surface area (Å²) in [5.74, 6) is -1.11. The van der Waals surface area contributed by atoms with E-state index < -0.39 is 0 Å². The molecule has 0 bridgehead atoms. The number of allylic oxidation sites excluding steroid dienone is 4. The first-order chi connectivity index (χ1) is 37.8. The van der Waals surface area contributed by atoms with E-state index in [0.29, 0.717) is 48.7 Å². The van der Waals surface area contributed by atoms with E-state index in [2.05, 4.69) is 155 Å². The summed E-state index contributed by atoms with van der Waals surface area (Å²) in [7, 11) is 0. The van der Waals surface area contributed by atoms with Crippen LogP contribution in [0.2, 0.25) is 0 Å². The highest BCUT2D eigenvalue weighted by atomic mass is 16.5. The van der Waals surface area contributed by atoms with Crippen molar-refractivity contribution < 1.29 is 38.1 Å². The van der Waals surface area contributed by atoms with E-state index in [4.69, 9.17) is 18.9 Å². The minimum atomic E-state index is -0.278. The fourth-order valence-corrected chi connectivity index (χ4v) is 8.44. The number of hydrogen-bond acceptors (Lipinski definition) is 10. The first-order valence-electron chi connectivity index (χ1n) is 27.2. The van der Waals surface area contributed by atoms with Gasteiger partial charge in [-0.3, -0.25) is 0 Å². The van der Waals surface area contributed by atoms with Crippen LogP contribution in [0.3, 0.4) is 0 Å². The number of aryl methyl sites for hydroxylation is 4. The monoisotopic (exact) mass is 1050 g/mol. The highest BCUT2D eigenvalue weighted by Gasteiger charge is 2.17. The largest absolute Gasteiger partial charge is 0.462 e. The van der Waals surface area contributed by atoms with Gasteiger partial charge in [-0.2, -0.15) is 0 Å². The molecule has 0 aliphatic heterocycles. The lowest BCUT2D eigenvalue weighted by Gasteiger charge is -2.27. The minimum absolute atomic E-state index is 0.278. The van der Waals surface area contributed by atoms with Crippen LogP contribution >= 0.6 is 0 Å². The van der Waals surface area contributed by atoms with Crippen LogP contribution in [-0.4, -0.2) is 50.3 Å². The van der Waals surface area contributed by atoms with Gasteiger partial charge in [-0.05, 0) is 213 Å². The van der Waals surface area contributed by atoms with Gasteiger partial charge in [0, 0.05) is 56.4 Å². The van der Waals surface area contributed by atoms with E-state index in [0.717, 1.165) is 119 Å². The van der Waals surface area contributed by atoms with Crippen molar-refractivity contribution in [3.8, 4) is 11.1 Å². The maximum Gasteiger partial charge on any atom is 0.333 e. The maximum atomic E-state index is 12.2. The van der Waals surface area contributed by atoms with Crippen molar-refractivity contribution in [3.63, 3.8) is 0 Å². The zero-order valence-electron chi connectivity index (χ0n) is 46.8. The number of carbonyl (C=O) groups excluding carboxylic acids is 4. The Balaban J connectivity index is 1.21. The molecule has 0 N–H and O–H groups in total. The Bertz CT molecular complexity index is 2650. The fraction of sp³-hybridized carbons (Fsp3) is 0.294. The van der Waals surface area contributed by atoms with Crippen molar-refractivity contribution >= 4 is 58.0 Å². The van der Waals surface area contributed by atoms with E-state index in [9.17, 15) is 19.2 Å². The molecule has 0 saturated carbocycles. The molecule has 0 fully saturated rings. The number of benzene rings is 6. The number of esters is 4. The molecule has 10 heteroatoms. The molecule has 6 aromatic rings. The van der Waals surface area contributed by atoms with Crippen LogP contribution in [0.1, 0.15) is 103 Å². The molecule has 0 spiro atoms. The van der Waals surface area contributed by atoms with Gasteiger partial charge < -0.3 is 28.7 Å². The van der Waals surface area contributed by atoms with Crippen molar-refractivity contribution in [3.05, 3.63) is 214 Å².